The van der Waals surface area contributed by atoms with Gasteiger partial charge in [-0.15, -0.1) is 0 Å². The molecule has 1 aromatic carbocycles. The molecular weight excluding hydrogens is 274 g/mol. The average Bonchev–Trinajstić information content (AvgIpc) is 2.25. The third-order valence-corrected chi connectivity index (χ3v) is 2.27. The van der Waals surface area contributed by atoms with Crippen molar-refractivity contribution >= 4 is 11.7 Å². The van der Waals surface area contributed by atoms with Gasteiger partial charge in [-0.1, -0.05) is 0 Å². The Hall–Kier alpha value is -2.09. The summed E-state index contributed by atoms with van der Waals surface area (Å²) in [6.07, 6.45) is 0. The summed E-state index contributed by atoms with van der Waals surface area (Å²) in [5.41, 5.74) is 2.70. The second-order valence-electron chi connectivity index (χ2n) is 5.06. The third kappa shape index (κ3) is 3.47. The van der Waals surface area contributed by atoms with Gasteiger partial charge in [-0.05, 0) is 26.8 Å². The minimum Gasteiger partial charge on any atom is -0.459 e. The van der Waals surface area contributed by atoms with Gasteiger partial charge in [0.2, 0.25) is 5.82 Å². The Kier molecular flexibility index (Phi) is 4.39. The second-order valence-corrected chi connectivity index (χ2v) is 5.06. The van der Waals surface area contributed by atoms with Crippen molar-refractivity contribution in [3.63, 3.8) is 0 Å². The molecule has 0 spiro atoms. The van der Waals surface area contributed by atoms with Gasteiger partial charge < -0.3 is 10.5 Å². The molecule has 1 atom stereocenters. The summed E-state index contributed by atoms with van der Waals surface area (Å²) in [5.74, 6) is -3.70. The number of benzene rings is 1. The van der Waals surface area contributed by atoms with E-state index in [9.17, 15) is 23.7 Å². The maximum absolute atomic E-state index is 13.9. The first-order valence-corrected chi connectivity index (χ1v) is 5.65. The van der Waals surface area contributed by atoms with Crippen LogP contribution in [0.2, 0.25) is 0 Å². The van der Waals surface area contributed by atoms with Crippen LogP contribution in [0, 0.1) is 21.7 Å². The first-order chi connectivity index (χ1) is 9.04. The van der Waals surface area contributed by atoms with E-state index < -0.39 is 45.4 Å². The first-order valence-electron chi connectivity index (χ1n) is 5.65. The summed E-state index contributed by atoms with van der Waals surface area (Å²) < 4.78 is 32.3. The van der Waals surface area contributed by atoms with E-state index in [1.54, 1.807) is 20.8 Å². The standard InChI is InChI=1S/C12H14F2N2O4/c1-12(2,3)20-11(17)10(15)8-6(13)4-5-7(9(8)14)16(18)19/h4-5,10H,15H2,1-3H3. The fraction of sp³-hybridized carbons (Fsp3) is 0.417. The number of nitrogens with zero attached hydrogens (tertiary/aromatic N) is 1. The quantitative estimate of drug-likeness (QED) is 0.522. The summed E-state index contributed by atoms with van der Waals surface area (Å²) in [7, 11) is 0. The number of hydrogen-bond acceptors (Lipinski definition) is 5. The molecule has 0 saturated heterocycles. The Morgan fingerprint density at radius 3 is 2.40 bits per heavy atom. The predicted molar refractivity (Wildman–Crippen MR) is 65.8 cm³/mol. The molecule has 6 nitrogen and oxygen atoms in total. The minimum absolute atomic E-state index is 0.663. The number of nitro groups is 1. The molecule has 0 radical (unpaired) electrons. The molecule has 20 heavy (non-hydrogen) atoms. The summed E-state index contributed by atoms with van der Waals surface area (Å²) in [4.78, 5) is 21.3. The van der Waals surface area contributed by atoms with Gasteiger partial charge in [-0.25, -0.2) is 9.18 Å². The van der Waals surface area contributed by atoms with Gasteiger partial charge in [0.25, 0.3) is 0 Å². The van der Waals surface area contributed by atoms with Crippen LogP contribution in [0.3, 0.4) is 0 Å². The molecule has 1 rings (SSSR count). The van der Waals surface area contributed by atoms with E-state index in [1.807, 2.05) is 0 Å². The molecule has 0 aliphatic heterocycles. The number of carbonyl (C=O) groups excluding carboxylic acids is 1. The van der Waals surface area contributed by atoms with Crippen molar-refractivity contribution in [3.8, 4) is 0 Å². The van der Waals surface area contributed by atoms with E-state index >= 15 is 0 Å². The number of rotatable bonds is 3. The number of carbonyl (C=O) groups is 1. The molecule has 1 unspecified atom stereocenters. The van der Waals surface area contributed by atoms with E-state index in [4.69, 9.17) is 10.5 Å². The number of hydrogen-bond donors (Lipinski definition) is 1. The van der Waals surface area contributed by atoms with Crippen molar-refractivity contribution < 1.29 is 23.2 Å². The monoisotopic (exact) mass is 288 g/mol. The summed E-state index contributed by atoms with van der Waals surface area (Å²) >= 11 is 0. The Labute approximate surface area is 113 Å². The van der Waals surface area contributed by atoms with E-state index in [0.29, 0.717) is 12.1 Å². The lowest BCUT2D eigenvalue weighted by atomic mass is 10.0. The van der Waals surface area contributed by atoms with Gasteiger partial charge in [0.05, 0.1) is 10.5 Å². The zero-order valence-electron chi connectivity index (χ0n) is 11.1. The van der Waals surface area contributed by atoms with Crippen LogP contribution in [-0.4, -0.2) is 16.5 Å². The lowest BCUT2D eigenvalue weighted by molar-refractivity contribution is -0.387. The number of nitrogens with two attached hydrogens (primary N) is 1. The van der Waals surface area contributed by atoms with Crippen LogP contribution in [0.25, 0.3) is 0 Å². The summed E-state index contributed by atoms with van der Waals surface area (Å²) in [6, 6.07) is -0.439. The van der Waals surface area contributed by atoms with E-state index in [2.05, 4.69) is 0 Å². The molecule has 8 heteroatoms. The predicted octanol–water partition coefficient (Wildman–Crippen LogP) is 2.21. The van der Waals surface area contributed by atoms with Crippen molar-refractivity contribution in [2.75, 3.05) is 0 Å². The second kappa shape index (κ2) is 5.49. The number of ether oxygens (including phenoxy) is 1. The number of esters is 1. The molecule has 110 valence electrons. The fourth-order valence-electron chi connectivity index (χ4n) is 1.47. The zero-order chi connectivity index (χ0) is 15.7. The summed E-state index contributed by atoms with van der Waals surface area (Å²) in [6.45, 7) is 4.66. The number of nitro benzene ring substituents is 1. The Balaban J connectivity index is 3.22. The van der Waals surface area contributed by atoms with E-state index in [0.717, 1.165) is 0 Å². The van der Waals surface area contributed by atoms with Gasteiger partial charge in [0.15, 0.2) is 0 Å². The van der Waals surface area contributed by atoms with Crippen LogP contribution in [0.5, 0.6) is 0 Å². The fourth-order valence-corrected chi connectivity index (χ4v) is 1.47. The van der Waals surface area contributed by atoms with E-state index in [1.165, 1.54) is 0 Å². The molecule has 2 N–H and O–H groups in total. The van der Waals surface area contributed by atoms with Crippen LogP contribution in [0.4, 0.5) is 14.5 Å². The molecular formula is C12H14F2N2O4. The smallest absolute Gasteiger partial charge is 0.328 e. The highest BCUT2D eigenvalue weighted by molar-refractivity contribution is 5.78. The van der Waals surface area contributed by atoms with Crippen LogP contribution in [0.1, 0.15) is 32.4 Å². The van der Waals surface area contributed by atoms with Gasteiger partial charge in [-0.3, -0.25) is 10.1 Å². The van der Waals surface area contributed by atoms with E-state index in [-0.39, 0.29) is 0 Å². The largest absolute Gasteiger partial charge is 0.459 e. The summed E-state index contributed by atoms with van der Waals surface area (Å²) in [5, 5.41) is 10.6. The molecule has 0 aromatic heterocycles. The highest BCUT2D eigenvalue weighted by atomic mass is 19.1. The lowest BCUT2D eigenvalue weighted by Crippen LogP contribution is -2.32. The average molecular weight is 288 g/mol. The van der Waals surface area contributed by atoms with Crippen LogP contribution in [0.15, 0.2) is 12.1 Å². The molecule has 0 heterocycles. The Morgan fingerprint density at radius 1 is 1.40 bits per heavy atom. The molecule has 1 aromatic rings. The molecule has 0 saturated carbocycles. The number of halogens is 2. The van der Waals surface area contributed by atoms with Crippen molar-refractivity contribution in [2.24, 2.45) is 5.73 Å². The normalized spacial score (nSPS) is 12.9. The van der Waals surface area contributed by atoms with Crippen molar-refractivity contribution in [1.29, 1.82) is 0 Å². The third-order valence-electron chi connectivity index (χ3n) is 2.27. The molecule has 0 amide bonds. The van der Waals surface area contributed by atoms with Gasteiger partial charge in [-0.2, -0.15) is 4.39 Å². The van der Waals surface area contributed by atoms with Crippen molar-refractivity contribution in [2.45, 2.75) is 32.4 Å². The maximum atomic E-state index is 13.9. The molecule has 0 aliphatic carbocycles. The first kappa shape index (κ1) is 16.0. The topological polar surface area (TPSA) is 95.5 Å². The highest BCUT2D eigenvalue weighted by Gasteiger charge is 2.31. The zero-order valence-corrected chi connectivity index (χ0v) is 11.1. The SMILES string of the molecule is CC(C)(C)OC(=O)C(N)c1c(F)ccc([N+](=O)[O-])c1F. The van der Waals surface area contributed by atoms with Crippen molar-refractivity contribution in [1.82, 2.24) is 0 Å². The maximum Gasteiger partial charge on any atom is 0.328 e. The minimum atomic E-state index is -1.78. The van der Waals surface area contributed by atoms with Gasteiger partial charge in [0, 0.05) is 6.07 Å². The van der Waals surface area contributed by atoms with Crippen LogP contribution >= 0.6 is 0 Å². The molecule has 0 fully saturated rings. The Bertz CT molecular complexity index is 555. The van der Waals surface area contributed by atoms with Crippen molar-refractivity contribution in [3.05, 3.63) is 39.4 Å². The van der Waals surface area contributed by atoms with Crippen LogP contribution in [-0.2, 0) is 9.53 Å². The van der Waals surface area contributed by atoms with Crippen LogP contribution < -0.4 is 5.73 Å². The molecule has 0 aliphatic rings. The molecule has 0 bridgehead atoms. The Morgan fingerprint density at radius 2 is 1.95 bits per heavy atom. The van der Waals surface area contributed by atoms with Gasteiger partial charge in [0.1, 0.15) is 17.5 Å². The lowest BCUT2D eigenvalue weighted by Gasteiger charge is -2.22. The van der Waals surface area contributed by atoms with Gasteiger partial charge >= 0.3 is 11.7 Å². The highest BCUT2D eigenvalue weighted by Crippen LogP contribution is 2.28.